The molecule has 0 aliphatic heterocycles. The molecule has 4 nitrogen and oxygen atoms in total. The highest BCUT2D eigenvalue weighted by atomic mass is 16.5. The third kappa shape index (κ3) is 2.43. The summed E-state index contributed by atoms with van der Waals surface area (Å²) in [6, 6.07) is 9.50. The first kappa shape index (κ1) is 9.45. The Morgan fingerprint density at radius 1 is 1.40 bits per heavy atom. The molecule has 0 atom stereocenters. The van der Waals surface area contributed by atoms with Crippen LogP contribution in [-0.2, 0) is 11.3 Å². The van der Waals surface area contributed by atoms with Crippen molar-refractivity contribution in [3.63, 3.8) is 0 Å². The summed E-state index contributed by atoms with van der Waals surface area (Å²) in [6.07, 6.45) is 4.85. The number of carbonyl (C=O) groups excluding carboxylic acids is 1. The molecule has 0 amide bonds. The molecule has 2 aromatic rings. The van der Waals surface area contributed by atoms with E-state index in [2.05, 4.69) is 11.2 Å². The molecular weight excluding hydrogens is 192 g/mol. The number of carbonyl (C=O) groups is 1. The van der Waals surface area contributed by atoms with Crippen molar-refractivity contribution in [3.05, 3.63) is 54.6 Å². The predicted octanol–water partition coefficient (Wildman–Crippen LogP) is 1.87. The third-order valence-corrected chi connectivity index (χ3v) is 1.87. The number of hydrogen-bond acceptors (Lipinski definition) is 3. The van der Waals surface area contributed by atoms with Gasteiger partial charge >= 0.3 is 6.09 Å². The zero-order valence-corrected chi connectivity index (χ0v) is 7.96. The Morgan fingerprint density at radius 3 is 2.87 bits per heavy atom. The van der Waals surface area contributed by atoms with Crippen molar-refractivity contribution >= 4 is 6.09 Å². The van der Waals surface area contributed by atoms with Gasteiger partial charge in [0.15, 0.2) is 0 Å². The normalized spacial score (nSPS) is 9.87. The molecule has 4 heteroatoms. The molecule has 0 unspecified atom stereocenters. The average molecular weight is 201 g/mol. The van der Waals surface area contributed by atoms with Crippen molar-refractivity contribution in [1.29, 1.82) is 0 Å². The standard InChI is InChI=1S/C11H9N2O2/c14-11(13-7-6-12-9-13)15-8-10-4-2-1-3-5-10/h1-5,7,9H,8H2. The molecule has 0 aliphatic rings. The van der Waals surface area contributed by atoms with E-state index in [9.17, 15) is 4.79 Å². The van der Waals surface area contributed by atoms with E-state index in [-0.39, 0.29) is 6.61 Å². The van der Waals surface area contributed by atoms with Crippen molar-refractivity contribution in [1.82, 2.24) is 9.55 Å². The fourth-order valence-corrected chi connectivity index (χ4v) is 1.12. The minimum Gasteiger partial charge on any atom is -0.444 e. The van der Waals surface area contributed by atoms with Crippen molar-refractivity contribution in [3.8, 4) is 0 Å². The summed E-state index contributed by atoms with van der Waals surface area (Å²) < 4.78 is 6.28. The first-order chi connectivity index (χ1) is 7.36. The maximum absolute atomic E-state index is 11.4. The fourth-order valence-electron chi connectivity index (χ4n) is 1.12. The zero-order chi connectivity index (χ0) is 10.5. The topological polar surface area (TPSA) is 44.1 Å². The Labute approximate surface area is 87.1 Å². The van der Waals surface area contributed by atoms with Crippen LogP contribution >= 0.6 is 0 Å². The molecule has 0 aliphatic carbocycles. The van der Waals surface area contributed by atoms with Gasteiger partial charge in [-0.3, -0.25) is 0 Å². The minimum atomic E-state index is -0.451. The summed E-state index contributed by atoms with van der Waals surface area (Å²) in [6.45, 7) is 0.262. The number of nitrogens with zero attached hydrogens (tertiary/aromatic N) is 2. The number of rotatable bonds is 2. The van der Waals surface area contributed by atoms with E-state index in [1.807, 2.05) is 30.3 Å². The second-order valence-electron chi connectivity index (χ2n) is 2.95. The van der Waals surface area contributed by atoms with Crippen molar-refractivity contribution in [2.75, 3.05) is 0 Å². The van der Waals surface area contributed by atoms with Crippen LogP contribution in [0.25, 0.3) is 0 Å². The van der Waals surface area contributed by atoms with E-state index < -0.39 is 6.09 Å². The molecule has 0 fully saturated rings. The molecule has 75 valence electrons. The second-order valence-corrected chi connectivity index (χ2v) is 2.95. The fraction of sp³-hybridized carbons (Fsp3) is 0.0909. The van der Waals surface area contributed by atoms with Crippen LogP contribution in [0, 0.1) is 6.20 Å². The number of ether oxygens (including phenoxy) is 1. The summed E-state index contributed by atoms with van der Waals surface area (Å²) in [7, 11) is 0. The quantitative estimate of drug-likeness (QED) is 0.745. The van der Waals surface area contributed by atoms with Crippen molar-refractivity contribution in [2.24, 2.45) is 0 Å². The van der Waals surface area contributed by atoms with Crippen LogP contribution in [-0.4, -0.2) is 15.6 Å². The lowest BCUT2D eigenvalue weighted by Crippen LogP contribution is -2.11. The maximum atomic E-state index is 11.4. The van der Waals surface area contributed by atoms with E-state index in [0.29, 0.717) is 0 Å². The van der Waals surface area contributed by atoms with E-state index >= 15 is 0 Å². The number of hydrogen-bond donors (Lipinski definition) is 0. The molecule has 15 heavy (non-hydrogen) atoms. The lowest BCUT2D eigenvalue weighted by molar-refractivity contribution is 0.141. The van der Waals surface area contributed by atoms with Gasteiger partial charge in [-0.25, -0.2) is 14.3 Å². The van der Waals surface area contributed by atoms with Crippen LogP contribution in [0.15, 0.2) is 42.9 Å². The Morgan fingerprint density at radius 2 is 2.20 bits per heavy atom. The highest BCUT2D eigenvalue weighted by molar-refractivity contribution is 5.69. The van der Waals surface area contributed by atoms with Crippen LogP contribution in [0.3, 0.4) is 0 Å². The molecule has 0 spiro atoms. The summed E-state index contributed by atoms with van der Waals surface area (Å²) in [5.41, 5.74) is 0.954. The molecule has 1 radical (unpaired) electrons. The highest BCUT2D eigenvalue weighted by Gasteiger charge is 2.04. The molecule has 1 aromatic carbocycles. The second kappa shape index (κ2) is 4.41. The minimum absolute atomic E-state index is 0.262. The van der Waals surface area contributed by atoms with Gasteiger partial charge in [-0.2, -0.15) is 0 Å². The van der Waals surface area contributed by atoms with Crippen molar-refractivity contribution < 1.29 is 9.53 Å². The Kier molecular flexibility index (Phi) is 2.78. The lowest BCUT2D eigenvalue weighted by Gasteiger charge is -2.03. The SMILES string of the molecule is O=C(OCc1ccccc1)n1c[c]nc1. The van der Waals surface area contributed by atoms with E-state index in [4.69, 9.17) is 4.74 Å². The monoisotopic (exact) mass is 201 g/mol. The molecule has 0 N–H and O–H groups in total. The van der Waals surface area contributed by atoms with Gasteiger partial charge in [0.1, 0.15) is 19.1 Å². The van der Waals surface area contributed by atoms with E-state index in [1.165, 1.54) is 17.1 Å². The Bertz CT molecular complexity index is 423. The van der Waals surface area contributed by atoms with Gasteiger partial charge in [-0.1, -0.05) is 30.3 Å². The van der Waals surface area contributed by atoms with Gasteiger partial charge in [0.05, 0.1) is 0 Å². The van der Waals surface area contributed by atoms with Gasteiger partial charge < -0.3 is 4.74 Å². The third-order valence-electron chi connectivity index (χ3n) is 1.87. The van der Waals surface area contributed by atoms with Crippen molar-refractivity contribution in [2.45, 2.75) is 6.61 Å². The first-order valence-electron chi connectivity index (χ1n) is 4.47. The van der Waals surface area contributed by atoms with Crippen LogP contribution < -0.4 is 0 Å². The Balaban J connectivity index is 1.92. The lowest BCUT2D eigenvalue weighted by atomic mass is 10.2. The van der Waals surface area contributed by atoms with E-state index in [0.717, 1.165) is 5.56 Å². The molecule has 0 saturated heterocycles. The summed E-state index contributed by atoms with van der Waals surface area (Å²) in [5, 5.41) is 0. The number of benzene rings is 1. The molecule has 1 heterocycles. The van der Waals surface area contributed by atoms with Gasteiger partial charge in [0.2, 0.25) is 0 Å². The number of imidazole rings is 1. The van der Waals surface area contributed by atoms with Crippen LogP contribution in [0.2, 0.25) is 0 Å². The largest absolute Gasteiger partial charge is 0.444 e. The van der Waals surface area contributed by atoms with Crippen LogP contribution in [0.1, 0.15) is 5.56 Å². The van der Waals surface area contributed by atoms with Crippen LogP contribution in [0.4, 0.5) is 4.79 Å². The van der Waals surface area contributed by atoms with Crippen LogP contribution in [0.5, 0.6) is 0 Å². The van der Waals surface area contributed by atoms with Gasteiger partial charge in [0.25, 0.3) is 0 Å². The number of aromatic nitrogens is 2. The maximum Gasteiger partial charge on any atom is 0.419 e. The predicted molar refractivity (Wildman–Crippen MR) is 53.1 cm³/mol. The molecule has 0 saturated carbocycles. The summed E-state index contributed by atoms with van der Waals surface area (Å²) in [5.74, 6) is 0. The first-order valence-corrected chi connectivity index (χ1v) is 4.47. The smallest absolute Gasteiger partial charge is 0.419 e. The van der Waals surface area contributed by atoms with Gasteiger partial charge in [0, 0.05) is 6.20 Å². The molecule has 0 bridgehead atoms. The highest BCUT2D eigenvalue weighted by Crippen LogP contribution is 2.01. The molecule has 1 aromatic heterocycles. The Hall–Kier alpha value is -2.10. The molecular formula is C11H9N2O2. The molecule has 2 rings (SSSR count). The van der Waals surface area contributed by atoms with Gasteiger partial charge in [-0.05, 0) is 5.56 Å². The average Bonchev–Trinajstić information content (AvgIpc) is 2.81. The zero-order valence-electron chi connectivity index (χ0n) is 7.96. The summed E-state index contributed by atoms with van der Waals surface area (Å²) >= 11 is 0. The van der Waals surface area contributed by atoms with Gasteiger partial charge in [-0.15, -0.1) is 0 Å². The van der Waals surface area contributed by atoms with E-state index in [1.54, 1.807) is 0 Å². The summed E-state index contributed by atoms with van der Waals surface area (Å²) in [4.78, 5) is 15.0.